The molecule has 0 saturated heterocycles. The standard InChI is InChI=1S/C23H34O3/c1-14(24)21(3)10-8-18-16-13-23(5,26)19-12-15(25)6-9-20(19,2)17(16)7-11-22(18,21)4/h12,16-18,26H,6-11,13H2,1-5H3/t16-,17+,18+,20-,21-,22+,23-/m1/s1. The van der Waals surface area contributed by atoms with E-state index in [1.807, 2.05) is 6.92 Å². The molecule has 0 spiro atoms. The number of ketones is 2. The lowest BCUT2D eigenvalue weighted by molar-refractivity contribution is -0.145. The Hall–Kier alpha value is -0.960. The first-order valence-corrected chi connectivity index (χ1v) is 10.4. The van der Waals surface area contributed by atoms with E-state index in [0.29, 0.717) is 30.0 Å². The largest absolute Gasteiger partial charge is 0.386 e. The summed E-state index contributed by atoms with van der Waals surface area (Å²) in [6.45, 7) is 10.5. The molecule has 4 aliphatic carbocycles. The zero-order chi connectivity index (χ0) is 19.1. The van der Waals surface area contributed by atoms with Gasteiger partial charge in [0.25, 0.3) is 0 Å². The van der Waals surface area contributed by atoms with E-state index in [2.05, 4.69) is 20.8 Å². The fourth-order valence-electron chi connectivity index (χ4n) is 7.85. The van der Waals surface area contributed by atoms with E-state index in [0.717, 1.165) is 44.1 Å². The Morgan fingerprint density at radius 2 is 1.73 bits per heavy atom. The summed E-state index contributed by atoms with van der Waals surface area (Å²) in [5, 5.41) is 11.3. The molecule has 26 heavy (non-hydrogen) atoms. The molecule has 0 unspecified atom stereocenters. The number of carbonyl (C=O) groups is 2. The van der Waals surface area contributed by atoms with Crippen LogP contribution < -0.4 is 0 Å². The number of hydrogen-bond acceptors (Lipinski definition) is 3. The van der Waals surface area contributed by atoms with E-state index in [1.54, 1.807) is 13.0 Å². The van der Waals surface area contributed by atoms with Crippen LogP contribution in [0.1, 0.15) is 79.6 Å². The third-order valence-corrected chi connectivity index (χ3v) is 9.66. The lowest BCUT2D eigenvalue weighted by atomic mass is 9.43. The molecule has 0 amide bonds. The molecule has 4 rings (SSSR count). The number of hydrogen-bond donors (Lipinski definition) is 1. The molecular formula is C23H34O3. The van der Waals surface area contributed by atoms with Gasteiger partial charge in [-0.3, -0.25) is 9.59 Å². The van der Waals surface area contributed by atoms with Crippen molar-refractivity contribution in [2.75, 3.05) is 0 Å². The second kappa shape index (κ2) is 5.31. The minimum absolute atomic E-state index is 0.0398. The maximum absolute atomic E-state index is 12.5. The van der Waals surface area contributed by atoms with Gasteiger partial charge in [-0.15, -0.1) is 0 Å². The Labute approximate surface area is 157 Å². The molecule has 0 aromatic rings. The van der Waals surface area contributed by atoms with Crippen LogP contribution in [0.3, 0.4) is 0 Å². The Morgan fingerprint density at radius 3 is 2.38 bits per heavy atom. The predicted molar refractivity (Wildman–Crippen MR) is 102 cm³/mol. The number of rotatable bonds is 1. The normalized spacial score (nSPS) is 53.4. The molecule has 7 atom stereocenters. The van der Waals surface area contributed by atoms with Crippen LogP contribution >= 0.6 is 0 Å². The summed E-state index contributed by atoms with van der Waals surface area (Å²) in [6.07, 6.45) is 8.24. The SMILES string of the molecule is CC(=O)[C@@]1(C)CC[C@H]2[C@@H]3C[C@@](C)(O)C4=CC(=O)CC[C@]4(C)[C@H]3CC[C@@]21C. The van der Waals surface area contributed by atoms with E-state index in [1.165, 1.54) is 0 Å². The van der Waals surface area contributed by atoms with Crippen molar-refractivity contribution in [1.82, 2.24) is 0 Å². The second-order valence-corrected chi connectivity index (χ2v) is 10.7. The predicted octanol–water partition coefficient (Wildman–Crippen LogP) is 4.47. The number of carbonyl (C=O) groups excluding carboxylic acids is 2. The molecule has 3 fully saturated rings. The summed E-state index contributed by atoms with van der Waals surface area (Å²) >= 11 is 0. The van der Waals surface area contributed by atoms with Crippen LogP contribution in [0.4, 0.5) is 0 Å². The smallest absolute Gasteiger partial charge is 0.155 e. The first-order chi connectivity index (χ1) is 12.0. The van der Waals surface area contributed by atoms with Crippen LogP contribution in [0.2, 0.25) is 0 Å². The third-order valence-electron chi connectivity index (χ3n) is 9.66. The minimum atomic E-state index is -0.903. The molecule has 0 aliphatic heterocycles. The first-order valence-electron chi connectivity index (χ1n) is 10.4. The molecule has 3 nitrogen and oxygen atoms in total. The van der Waals surface area contributed by atoms with Crippen molar-refractivity contribution in [3.63, 3.8) is 0 Å². The highest BCUT2D eigenvalue weighted by atomic mass is 16.3. The van der Waals surface area contributed by atoms with Crippen LogP contribution in [-0.4, -0.2) is 22.3 Å². The molecule has 4 aliphatic rings. The van der Waals surface area contributed by atoms with Gasteiger partial charge < -0.3 is 5.11 Å². The average Bonchev–Trinajstić information content (AvgIpc) is 2.82. The molecular weight excluding hydrogens is 324 g/mol. The zero-order valence-corrected chi connectivity index (χ0v) is 17.0. The molecule has 0 aromatic carbocycles. The number of fused-ring (bicyclic) bond motifs is 5. The maximum atomic E-state index is 12.5. The number of Topliss-reactive ketones (excluding diaryl/α,β-unsaturated/α-hetero) is 1. The Bertz CT molecular complexity index is 704. The Balaban J connectivity index is 1.78. The summed E-state index contributed by atoms with van der Waals surface area (Å²) < 4.78 is 0. The average molecular weight is 359 g/mol. The van der Waals surface area contributed by atoms with Gasteiger partial charge in [0, 0.05) is 11.8 Å². The number of aliphatic hydroxyl groups is 1. The van der Waals surface area contributed by atoms with Crippen molar-refractivity contribution < 1.29 is 14.7 Å². The summed E-state index contributed by atoms with van der Waals surface area (Å²) in [5.74, 6) is 1.97. The lowest BCUT2D eigenvalue weighted by Gasteiger charge is -2.62. The van der Waals surface area contributed by atoms with Crippen LogP contribution in [-0.2, 0) is 9.59 Å². The van der Waals surface area contributed by atoms with E-state index in [4.69, 9.17) is 0 Å². The quantitative estimate of drug-likeness (QED) is 0.752. The molecule has 0 heterocycles. The summed E-state index contributed by atoms with van der Waals surface area (Å²) in [4.78, 5) is 24.6. The highest BCUT2D eigenvalue weighted by Gasteiger charge is 2.66. The van der Waals surface area contributed by atoms with Gasteiger partial charge in [-0.05, 0) is 92.6 Å². The van der Waals surface area contributed by atoms with E-state index in [9.17, 15) is 14.7 Å². The Kier molecular flexibility index (Phi) is 3.76. The van der Waals surface area contributed by atoms with Crippen LogP contribution in [0, 0.1) is 34.0 Å². The molecule has 3 saturated carbocycles. The summed E-state index contributed by atoms with van der Waals surface area (Å²) in [7, 11) is 0. The van der Waals surface area contributed by atoms with Gasteiger partial charge in [-0.1, -0.05) is 20.8 Å². The first kappa shape index (κ1) is 18.4. The van der Waals surface area contributed by atoms with Crippen molar-refractivity contribution in [2.45, 2.75) is 85.2 Å². The fourth-order valence-corrected chi connectivity index (χ4v) is 7.85. The maximum Gasteiger partial charge on any atom is 0.155 e. The van der Waals surface area contributed by atoms with Crippen LogP contribution in [0.25, 0.3) is 0 Å². The lowest BCUT2D eigenvalue weighted by Crippen LogP contribution is -2.58. The van der Waals surface area contributed by atoms with Crippen LogP contribution in [0.15, 0.2) is 11.6 Å². The minimum Gasteiger partial charge on any atom is -0.386 e. The van der Waals surface area contributed by atoms with Crippen LogP contribution in [0.5, 0.6) is 0 Å². The van der Waals surface area contributed by atoms with Crippen molar-refractivity contribution in [2.24, 2.45) is 34.0 Å². The van der Waals surface area contributed by atoms with Gasteiger partial charge in [-0.25, -0.2) is 0 Å². The van der Waals surface area contributed by atoms with Gasteiger partial charge in [0.15, 0.2) is 5.78 Å². The van der Waals surface area contributed by atoms with E-state index < -0.39 is 5.60 Å². The van der Waals surface area contributed by atoms with E-state index in [-0.39, 0.29) is 22.0 Å². The second-order valence-electron chi connectivity index (χ2n) is 10.7. The van der Waals surface area contributed by atoms with E-state index >= 15 is 0 Å². The fraction of sp³-hybridized carbons (Fsp3) is 0.826. The highest BCUT2D eigenvalue weighted by Crippen LogP contribution is 2.70. The summed E-state index contributed by atoms with van der Waals surface area (Å²) in [5.41, 5.74) is -0.180. The van der Waals surface area contributed by atoms with Crippen molar-refractivity contribution in [3.05, 3.63) is 11.6 Å². The monoisotopic (exact) mass is 358 g/mol. The molecule has 3 heteroatoms. The van der Waals surface area contributed by atoms with Gasteiger partial charge in [0.2, 0.25) is 0 Å². The molecule has 1 N–H and O–H groups in total. The van der Waals surface area contributed by atoms with Gasteiger partial charge in [-0.2, -0.15) is 0 Å². The topological polar surface area (TPSA) is 54.4 Å². The zero-order valence-electron chi connectivity index (χ0n) is 17.0. The van der Waals surface area contributed by atoms with Crippen molar-refractivity contribution in [3.8, 4) is 0 Å². The van der Waals surface area contributed by atoms with Crippen molar-refractivity contribution in [1.29, 1.82) is 0 Å². The molecule has 0 aromatic heterocycles. The van der Waals surface area contributed by atoms with Gasteiger partial charge in [0.05, 0.1) is 5.60 Å². The third kappa shape index (κ3) is 2.10. The molecule has 144 valence electrons. The van der Waals surface area contributed by atoms with Gasteiger partial charge in [0.1, 0.15) is 5.78 Å². The van der Waals surface area contributed by atoms with Gasteiger partial charge >= 0.3 is 0 Å². The Morgan fingerprint density at radius 1 is 1.08 bits per heavy atom. The molecule has 0 radical (unpaired) electrons. The molecule has 0 bridgehead atoms. The highest BCUT2D eigenvalue weighted by molar-refractivity contribution is 5.92. The summed E-state index contributed by atoms with van der Waals surface area (Å²) in [6, 6.07) is 0. The van der Waals surface area contributed by atoms with Crippen molar-refractivity contribution >= 4 is 11.6 Å².